The van der Waals surface area contributed by atoms with Crippen LogP contribution in [0.3, 0.4) is 0 Å². The molecule has 0 spiro atoms. The molecule has 0 aliphatic rings. The van der Waals surface area contributed by atoms with E-state index >= 15 is 0 Å². The van der Waals surface area contributed by atoms with Crippen LogP contribution >= 0.6 is 15.9 Å². The SMILES string of the molecule is O=C(NCc1nc2ccccc2n1CCOc1ccccc1)c1ccc(Br)cc1. The fourth-order valence-corrected chi connectivity index (χ4v) is 3.41. The van der Waals surface area contributed by atoms with Crippen LogP contribution in [0.25, 0.3) is 11.0 Å². The maximum absolute atomic E-state index is 12.5. The predicted octanol–water partition coefficient (Wildman–Crippen LogP) is 4.81. The molecule has 0 atom stereocenters. The third-order valence-corrected chi connectivity index (χ3v) is 5.10. The van der Waals surface area contributed by atoms with Crippen molar-refractivity contribution in [2.24, 2.45) is 0 Å². The van der Waals surface area contributed by atoms with Crippen molar-refractivity contribution in [1.29, 1.82) is 0 Å². The van der Waals surface area contributed by atoms with Gasteiger partial charge in [0.15, 0.2) is 0 Å². The lowest BCUT2D eigenvalue weighted by atomic mass is 10.2. The van der Waals surface area contributed by atoms with Crippen molar-refractivity contribution in [1.82, 2.24) is 14.9 Å². The van der Waals surface area contributed by atoms with Crippen LogP contribution < -0.4 is 10.1 Å². The van der Waals surface area contributed by atoms with E-state index in [0.717, 1.165) is 27.1 Å². The molecule has 0 saturated carbocycles. The van der Waals surface area contributed by atoms with Gasteiger partial charge in [0, 0.05) is 10.0 Å². The van der Waals surface area contributed by atoms with Crippen LogP contribution in [0.2, 0.25) is 0 Å². The van der Waals surface area contributed by atoms with Crippen LogP contribution in [-0.2, 0) is 13.1 Å². The van der Waals surface area contributed by atoms with Gasteiger partial charge in [0.1, 0.15) is 18.2 Å². The van der Waals surface area contributed by atoms with E-state index in [1.807, 2.05) is 66.7 Å². The number of benzene rings is 3. The molecule has 0 radical (unpaired) electrons. The number of carbonyl (C=O) groups excluding carboxylic acids is 1. The van der Waals surface area contributed by atoms with Crippen LogP contribution in [0.15, 0.2) is 83.3 Å². The molecule has 0 saturated heterocycles. The first-order chi connectivity index (χ1) is 14.2. The summed E-state index contributed by atoms with van der Waals surface area (Å²) in [5.74, 6) is 1.51. The lowest BCUT2D eigenvalue weighted by Crippen LogP contribution is -2.25. The van der Waals surface area contributed by atoms with Crippen LogP contribution in [0, 0.1) is 0 Å². The quantitative estimate of drug-likeness (QED) is 0.440. The van der Waals surface area contributed by atoms with Crippen molar-refractivity contribution in [2.75, 3.05) is 6.61 Å². The van der Waals surface area contributed by atoms with Crippen molar-refractivity contribution in [3.8, 4) is 5.75 Å². The van der Waals surface area contributed by atoms with Gasteiger partial charge in [0.05, 0.1) is 24.1 Å². The minimum Gasteiger partial charge on any atom is -0.492 e. The molecule has 4 rings (SSSR count). The molecule has 0 bridgehead atoms. The van der Waals surface area contributed by atoms with Crippen molar-refractivity contribution >= 4 is 32.9 Å². The lowest BCUT2D eigenvalue weighted by molar-refractivity contribution is 0.0949. The Morgan fingerprint density at radius 2 is 1.69 bits per heavy atom. The van der Waals surface area contributed by atoms with Gasteiger partial charge in [-0.15, -0.1) is 0 Å². The zero-order chi connectivity index (χ0) is 20.1. The molecule has 5 nitrogen and oxygen atoms in total. The van der Waals surface area contributed by atoms with E-state index in [4.69, 9.17) is 9.72 Å². The Bertz CT molecular complexity index is 1110. The number of fused-ring (bicyclic) bond motifs is 1. The van der Waals surface area contributed by atoms with Gasteiger partial charge in [0.25, 0.3) is 5.91 Å². The molecule has 146 valence electrons. The first-order valence-electron chi connectivity index (χ1n) is 9.36. The maximum atomic E-state index is 12.5. The van der Waals surface area contributed by atoms with E-state index in [0.29, 0.717) is 25.3 Å². The number of carbonyl (C=O) groups is 1. The highest BCUT2D eigenvalue weighted by Gasteiger charge is 2.12. The normalized spacial score (nSPS) is 10.8. The smallest absolute Gasteiger partial charge is 0.251 e. The highest BCUT2D eigenvalue weighted by atomic mass is 79.9. The summed E-state index contributed by atoms with van der Waals surface area (Å²) in [6, 6.07) is 25.0. The number of amides is 1. The topological polar surface area (TPSA) is 56.2 Å². The van der Waals surface area contributed by atoms with Gasteiger partial charge < -0.3 is 14.6 Å². The number of para-hydroxylation sites is 3. The minimum absolute atomic E-state index is 0.128. The third-order valence-electron chi connectivity index (χ3n) is 4.57. The van der Waals surface area contributed by atoms with Crippen LogP contribution in [0.1, 0.15) is 16.2 Å². The molecule has 6 heteroatoms. The summed E-state index contributed by atoms with van der Waals surface area (Å²) in [5.41, 5.74) is 2.54. The number of halogens is 1. The summed E-state index contributed by atoms with van der Waals surface area (Å²) in [6.45, 7) is 1.49. The Balaban J connectivity index is 1.48. The number of hydrogen-bond donors (Lipinski definition) is 1. The minimum atomic E-state index is -0.128. The molecule has 1 N–H and O–H groups in total. The van der Waals surface area contributed by atoms with Crippen LogP contribution in [0.4, 0.5) is 0 Å². The van der Waals surface area contributed by atoms with E-state index in [1.165, 1.54) is 0 Å². The predicted molar refractivity (Wildman–Crippen MR) is 117 cm³/mol. The number of imidazole rings is 1. The van der Waals surface area contributed by atoms with Crippen molar-refractivity contribution in [3.05, 3.63) is 94.7 Å². The van der Waals surface area contributed by atoms with E-state index in [1.54, 1.807) is 12.1 Å². The standard InChI is InChI=1S/C23H20BrN3O2/c24-18-12-10-17(11-13-18)23(28)25-16-22-26-20-8-4-5-9-21(20)27(22)14-15-29-19-6-2-1-3-7-19/h1-13H,14-16H2,(H,25,28). The molecule has 0 aliphatic carbocycles. The van der Waals surface area contributed by atoms with Gasteiger partial charge in [-0.2, -0.15) is 0 Å². The maximum Gasteiger partial charge on any atom is 0.251 e. The zero-order valence-electron chi connectivity index (χ0n) is 15.7. The summed E-state index contributed by atoms with van der Waals surface area (Å²) >= 11 is 3.38. The van der Waals surface area contributed by atoms with Crippen molar-refractivity contribution in [3.63, 3.8) is 0 Å². The Hall–Kier alpha value is -3.12. The van der Waals surface area contributed by atoms with Gasteiger partial charge in [-0.1, -0.05) is 46.3 Å². The van der Waals surface area contributed by atoms with Gasteiger partial charge in [-0.25, -0.2) is 4.98 Å². The van der Waals surface area contributed by atoms with Gasteiger partial charge >= 0.3 is 0 Å². The molecular weight excluding hydrogens is 430 g/mol. The Labute approximate surface area is 177 Å². The largest absolute Gasteiger partial charge is 0.492 e. The number of hydrogen-bond acceptors (Lipinski definition) is 3. The third kappa shape index (κ3) is 4.66. The second-order valence-corrected chi connectivity index (χ2v) is 7.44. The molecule has 0 unspecified atom stereocenters. The molecule has 0 fully saturated rings. The number of aromatic nitrogens is 2. The molecule has 1 amide bonds. The second-order valence-electron chi connectivity index (χ2n) is 6.52. The number of nitrogens with zero attached hydrogens (tertiary/aromatic N) is 2. The summed E-state index contributed by atoms with van der Waals surface area (Å²) in [4.78, 5) is 17.2. The Morgan fingerprint density at radius 3 is 2.48 bits per heavy atom. The average molecular weight is 450 g/mol. The highest BCUT2D eigenvalue weighted by Crippen LogP contribution is 2.17. The lowest BCUT2D eigenvalue weighted by Gasteiger charge is -2.11. The molecule has 3 aromatic carbocycles. The first kappa shape index (κ1) is 19.2. The molecule has 4 aromatic rings. The average Bonchev–Trinajstić information content (AvgIpc) is 3.11. The monoisotopic (exact) mass is 449 g/mol. The number of ether oxygens (including phenoxy) is 1. The summed E-state index contributed by atoms with van der Waals surface area (Å²) in [7, 11) is 0. The Kier molecular flexibility index (Phi) is 5.91. The number of nitrogens with one attached hydrogen (secondary N) is 1. The number of rotatable bonds is 7. The van der Waals surface area contributed by atoms with Crippen molar-refractivity contribution < 1.29 is 9.53 Å². The molecule has 1 aromatic heterocycles. The van der Waals surface area contributed by atoms with E-state index in [9.17, 15) is 4.79 Å². The van der Waals surface area contributed by atoms with E-state index in [2.05, 4.69) is 25.8 Å². The molecule has 0 aliphatic heterocycles. The Morgan fingerprint density at radius 1 is 0.966 bits per heavy atom. The summed E-state index contributed by atoms with van der Waals surface area (Å²) in [6.07, 6.45) is 0. The van der Waals surface area contributed by atoms with Gasteiger partial charge in [0.2, 0.25) is 0 Å². The second kappa shape index (κ2) is 8.92. The molecule has 1 heterocycles. The summed E-state index contributed by atoms with van der Waals surface area (Å²) in [5, 5.41) is 2.97. The van der Waals surface area contributed by atoms with Crippen LogP contribution in [-0.4, -0.2) is 22.1 Å². The van der Waals surface area contributed by atoms with E-state index < -0.39 is 0 Å². The van der Waals surface area contributed by atoms with E-state index in [-0.39, 0.29) is 5.91 Å². The highest BCUT2D eigenvalue weighted by molar-refractivity contribution is 9.10. The fourth-order valence-electron chi connectivity index (χ4n) is 3.14. The fraction of sp³-hybridized carbons (Fsp3) is 0.130. The summed E-state index contributed by atoms with van der Waals surface area (Å²) < 4.78 is 8.89. The van der Waals surface area contributed by atoms with Crippen LogP contribution in [0.5, 0.6) is 5.75 Å². The molecule has 29 heavy (non-hydrogen) atoms. The molecular formula is C23H20BrN3O2. The van der Waals surface area contributed by atoms with Gasteiger partial charge in [-0.3, -0.25) is 4.79 Å². The zero-order valence-corrected chi connectivity index (χ0v) is 17.3. The van der Waals surface area contributed by atoms with Crippen molar-refractivity contribution in [2.45, 2.75) is 13.1 Å². The first-order valence-corrected chi connectivity index (χ1v) is 10.2. The van der Waals surface area contributed by atoms with Gasteiger partial charge in [-0.05, 0) is 48.5 Å².